The van der Waals surface area contributed by atoms with Crippen molar-refractivity contribution in [1.29, 1.82) is 0 Å². The lowest BCUT2D eigenvalue weighted by molar-refractivity contribution is 0.234. The van der Waals surface area contributed by atoms with Crippen LogP contribution in [0.25, 0.3) is 0 Å². The Balaban J connectivity index is 1.80. The van der Waals surface area contributed by atoms with Gasteiger partial charge in [0.1, 0.15) is 23.4 Å². The molecule has 1 unspecified atom stereocenters. The molecule has 1 N–H and O–H groups in total. The highest BCUT2D eigenvalue weighted by molar-refractivity contribution is 5.46. The second-order valence-electron chi connectivity index (χ2n) is 4.94. The summed E-state index contributed by atoms with van der Waals surface area (Å²) < 4.78 is 16.4. The molecule has 2 aromatic rings. The molecule has 0 bridgehead atoms. The van der Waals surface area contributed by atoms with E-state index in [-0.39, 0.29) is 6.10 Å². The molecule has 22 heavy (non-hydrogen) atoms. The van der Waals surface area contributed by atoms with Crippen molar-refractivity contribution in [3.63, 3.8) is 0 Å². The van der Waals surface area contributed by atoms with Crippen LogP contribution in [-0.4, -0.2) is 26.4 Å². The number of anilines is 1. The third-order valence-electron chi connectivity index (χ3n) is 3.16. The van der Waals surface area contributed by atoms with Crippen molar-refractivity contribution in [3.8, 4) is 17.2 Å². The first-order valence-electron chi connectivity index (χ1n) is 7.48. The minimum atomic E-state index is 0.0555. The van der Waals surface area contributed by atoms with Crippen LogP contribution in [0.5, 0.6) is 17.2 Å². The van der Waals surface area contributed by atoms with Crippen molar-refractivity contribution in [2.45, 2.75) is 20.0 Å². The molecule has 0 saturated heterocycles. The molecule has 0 aromatic heterocycles. The third-order valence-corrected chi connectivity index (χ3v) is 3.16. The smallest absolute Gasteiger partial charge is 0.120 e. The van der Waals surface area contributed by atoms with Crippen LogP contribution in [-0.2, 0) is 0 Å². The van der Waals surface area contributed by atoms with Gasteiger partial charge in [0.2, 0.25) is 0 Å². The maximum Gasteiger partial charge on any atom is 0.120 e. The highest BCUT2D eigenvalue weighted by Gasteiger charge is 2.04. The number of hydrogen-bond donors (Lipinski definition) is 1. The predicted molar refractivity (Wildman–Crippen MR) is 89.2 cm³/mol. The summed E-state index contributed by atoms with van der Waals surface area (Å²) in [5, 5.41) is 3.35. The van der Waals surface area contributed by atoms with Crippen LogP contribution in [0.4, 0.5) is 5.69 Å². The summed E-state index contributed by atoms with van der Waals surface area (Å²) in [5.41, 5.74) is 1.05. The van der Waals surface area contributed by atoms with Gasteiger partial charge in [-0.25, -0.2) is 0 Å². The van der Waals surface area contributed by atoms with Gasteiger partial charge in [-0.2, -0.15) is 0 Å². The second-order valence-corrected chi connectivity index (χ2v) is 4.94. The fraction of sp³-hybridized carbons (Fsp3) is 0.333. The van der Waals surface area contributed by atoms with E-state index < -0.39 is 0 Å². The molecule has 118 valence electrons. The van der Waals surface area contributed by atoms with Crippen molar-refractivity contribution in [3.05, 3.63) is 48.5 Å². The molecule has 0 fully saturated rings. The van der Waals surface area contributed by atoms with Crippen molar-refractivity contribution < 1.29 is 14.2 Å². The van der Waals surface area contributed by atoms with Gasteiger partial charge in [0.05, 0.1) is 20.3 Å². The molecule has 4 nitrogen and oxygen atoms in total. The van der Waals surface area contributed by atoms with E-state index in [1.165, 1.54) is 0 Å². The normalized spacial score (nSPS) is 11.6. The summed E-state index contributed by atoms with van der Waals surface area (Å²) in [6, 6.07) is 15.5. The molecular weight excluding hydrogens is 278 g/mol. The summed E-state index contributed by atoms with van der Waals surface area (Å²) >= 11 is 0. The van der Waals surface area contributed by atoms with Gasteiger partial charge in [0.25, 0.3) is 0 Å². The topological polar surface area (TPSA) is 39.7 Å². The standard InChI is InChI=1S/C18H23NO3/c1-4-21-17-7-5-15(6-8-17)19-13-14(2)22-18-11-9-16(20-3)10-12-18/h5-12,14,19H,4,13H2,1-3H3. The first-order chi connectivity index (χ1) is 10.7. The molecule has 0 amide bonds. The monoisotopic (exact) mass is 301 g/mol. The summed E-state index contributed by atoms with van der Waals surface area (Å²) in [7, 11) is 1.65. The van der Waals surface area contributed by atoms with Crippen molar-refractivity contribution in [1.82, 2.24) is 0 Å². The van der Waals surface area contributed by atoms with E-state index in [0.717, 1.165) is 29.5 Å². The Hall–Kier alpha value is -2.36. The van der Waals surface area contributed by atoms with Gasteiger partial charge in [-0.3, -0.25) is 0 Å². The fourth-order valence-electron chi connectivity index (χ4n) is 2.03. The molecule has 0 radical (unpaired) electrons. The number of hydrogen-bond acceptors (Lipinski definition) is 4. The van der Waals surface area contributed by atoms with Gasteiger partial charge in [-0.15, -0.1) is 0 Å². The Morgan fingerprint density at radius 3 is 2.09 bits per heavy atom. The van der Waals surface area contributed by atoms with E-state index in [2.05, 4.69) is 5.32 Å². The summed E-state index contributed by atoms with van der Waals surface area (Å²) in [6.07, 6.45) is 0.0555. The van der Waals surface area contributed by atoms with E-state index in [1.54, 1.807) is 7.11 Å². The fourth-order valence-corrected chi connectivity index (χ4v) is 2.03. The maximum absolute atomic E-state index is 5.86. The van der Waals surface area contributed by atoms with Crippen LogP contribution in [0.2, 0.25) is 0 Å². The van der Waals surface area contributed by atoms with Gasteiger partial charge in [-0.1, -0.05) is 0 Å². The van der Waals surface area contributed by atoms with Crippen molar-refractivity contribution >= 4 is 5.69 Å². The first-order valence-corrected chi connectivity index (χ1v) is 7.48. The second kappa shape index (κ2) is 8.17. The van der Waals surface area contributed by atoms with Crippen LogP contribution in [0, 0.1) is 0 Å². The summed E-state index contributed by atoms with van der Waals surface area (Å²) in [4.78, 5) is 0. The SMILES string of the molecule is CCOc1ccc(NCC(C)Oc2ccc(OC)cc2)cc1. The van der Waals surface area contributed by atoms with Crippen LogP contribution >= 0.6 is 0 Å². The maximum atomic E-state index is 5.86. The van der Waals surface area contributed by atoms with Crippen LogP contribution in [0.1, 0.15) is 13.8 Å². The summed E-state index contributed by atoms with van der Waals surface area (Å²) in [6.45, 7) is 5.41. The molecule has 0 saturated carbocycles. The van der Waals surface area contributed by atoms with E-state index in [0.29, 0.717) is 6.61 Å². The Morgan fingerprint density at radius 2 is 1.50 bits per heavy atom. The molecule has 0 spiro atoms. The lowest BCUT2D eigenvalue weighted by Crippen LogP contribution is -2.22. The number of benzene rings is 2. The molecule has 0 aliphatic heterocycles. The van der Waals surface area contributed by atoms with Gasteiger partial charge in [0, 0.05) is 5.69 Å². The largest absolute Gasteiger partial charge is 0.497 e. The number of ether oxygens (including phenoxy) is 3. The first kappa shape index (κ1) is 16.0. The lowest BCUT2D eigenvalue weighted by atomic mass is 10.3. The molecule has 2 aromatic carbocycles. The Morgan fingerprint density at radius 1 is 0.909 bits per heavy atom. The van der Waals surface area contributed by atoms with Gasteiger partial charge in [0.15, 0.2) is 0 Å². The predicted octanol–water partition coefficient (Wildman–Crippen LogP) is 3.97. The average molecular weight is 301 g/mol. The van der Waals surface area contributed by atoms with Crippen LogP contribution < -0.4 is 19.5 Å². The highest BCUT2D eigenvalue weighted by Crippen LogP contribution is 2.19. The van der Waals surface area contributed by atoms with Crippen LogP contribution in [0.3, 0.4) is 0 Å². The third kappa shape index (κ3) is 4.88. The molecule has 4 heteroatoms. The van der Waals surface area contributed by atoms with Gasteiger partial charge >= 0.3 is 0 Å². The Kier molecular flexibility index (Phi) is 5.95. The highest BCUT2D eigenvalue weighted by atomic mass is 16.5. The van der Waals surface area contributed by atoms with Gasteiger partial charge < -0.3 is 19.5 Å². The van der Waals surface area contributed by atoms with E-state index >= 15 is 0 Å². The number of methoxy groups -OCH3 is 1. The molecule has 0 heterocycles. The Labute approximate surface area is 132 Å². The number of nitrogens with one attached hydrogen (secondary N) is 1. The molecular formula is C18H23NO3. The van der Waals surface area contributed by atoms with Crippen molar-refractivity contribution in [2.75, 3.05) is 25.6 Å². The minimum absolute atomic E-state index is 0.0555. The zero-order chi connectivity index (χ0) is 15.8. The molecule has 0 aliphatic rings. The van der Waals surface area contributed by atoms with Gasteiger partial charge in [-0.05, 0) is 62.4 Å². The minimum Gasteiger partial charge on any atom is -0.497 e. The lowest BCUT2D eigenvalue weighted by Gasteiger charge is -2.16. The summed E-state index contributed by atoms with van der Waals surface area (Å²) in [5.74, 6) is 2.55. The van der Waals surface area contributed by atoms with E-state index in [4.69, 9.17) is 14.2 Å². The molecule has 2 rings (SSSR count). The van der Waals surface area contributed by atoms with Crippen molar-refractivity contribution in [2.24, 2.45) is 0 Å². The van der Waals surface area contributed by atoms with E-state index in [1.807, 2.05) is 62.4 Å². The Bertz CT molecular complexity index is 552. The average Bonchev–Trinajstić information content (AvgIpc) is 2.55. The van der Waals surface area contributed by atoms with E-state index in [9.17, 15) is 0 Å². The zero-order valence-electron chi connectivity index (χ0n) is 13.3. The molecule has 0 aliphatic carbocycles. The quantitative estimate of drug-likeness (QED) is 0.801. The number of rotatable bonds is 8. The zero-order valence-corrected chi connectivity index (χ0v) is 13.3. The molecule has 1 atom stereocenters. The van der Waals surface area contributed by atoms with Crippen LogP contribution in [0.15, 0.2) is 48.5 Å².